The molecule has 0 bridgehead atoms. The van der Waals surface area contributed by atoms with E-state index in [1.807, 2.05) is 13.8 Å². The van der Waals surface area contributed by atoms with Gasteiger partial charge in [-0.1, -0.05) is 37.6 Å². The molecule has 1 heterocycles. The number of benzene rings is 2. The molecule has 1 aliphatic rings. The molecule has 0 saturated heterocycles. The maximum atomic E-state index is 12.6. The van der Waals surface area contributed by atoms with Crippen LogP contribution < -0.4 is 14.8 Å². The summed E-state index contributed by atoms with van der Waals surface area (Å²) >= 11 is 5.92. The number of rotatable bonds is 6. The van der Waals surface area contributed by atoms with Crippen LogP contribution in [0.3, 0.4) is 0 Å². The van der Waals surface area contributed by atoms with Crippen LogP contribution in [0.1, 0.15) is 31.7 Å². The van der Waals surface area contributed by atoms with Crippen LogP contribution in [-0.2, 0) is 14.3 Å². The van der Waals surface area contributed by atoms with Crippen molar-refractivity contribution in [2.75, 3.05) is 25.1 Å². The van der Waals surface area contributed by atoms with Crippen LogP contribution in [0.2, 0.25) is 5.02 Å². The fourth-order valence-corrected chi connectivity index (χ4v) is 3.25. The van der Waals surface area contributed by atoms with Crippen LogP contribution in [0.5, 0.6) is 11.5 Å². The molecule has 3 rings (SSSR count). The van der Waals surface area contributed by atoms with E-state index in [4.69, 9.17) is 25.8 Å². The fourth-order valence-electron chi connectivity index (χ4n) is 3.13. The van der Waals surface area contributed by atoms with E-state index < -0.39 is 17.8 Å². The van der Waals surface area contributed by atoms with Crippen molar-refractivity contribution in [2.45, 2.75) is 26.2 Å². The first-order valence-corrected chi connectivity index (χ1v) is 9.93. The second-order valence-electron chi connectivity index (χ2n) is 7.14. The lowest BCUT2D eigenvalue weighted by Gasteiger charge is -2.20. The molecule has 2 aromatic carbocycles. The van der Waals surface area contributed by atoms with E-state index in [1.165, 1.54) is 0 Å². The smallest absolute Gasteiger partial charge is 0.314 e. The molecule has 1 N–H and O–H groups in total. The molecule has 0 fully saturated rings. The van der Waals surface area contributed by atoms with Gasteiger partial charge >= 0.3 is 5.97 Å². The average Bonchev–Trinajstić information content (AvgIpc) is 2.93. The minimum atomic E-state index is -0.474. The molecule has 0 saturated carbocycles. The lowest BCUT2D eigenvalue weighted by molar-refractivity contribution is -0.149. The van der Waals surface area contributed by atoms with E-state index in [-0.39, 0.29) is 12.5 Å². The molecule has 154 valence electrons. The van der Waals surface area contributed by atoms with Crippen molar-refractivity contribution in [3.05, 3.63) is 53.1 Å². The van der Waals surface area contributed by atoms with Crippen molar-refractivity contribution < 1.29 is 23.8 Å². The summed E-state index contributed by atoms with van der Waals surface area (Å²) in [5, 5.41) is 3.31. The van der Waals surface area contributed by atoms with Gasteiger partial charge in [-0.2, -0.15) is 0 Å². The number of anilines is 1. The third-order valence-corrected chi connectivity index (χ3v) is 4.78. The number of halogens is 1. The van der Waals surface area contributed by atoms with E-state index in [1.54, 1.807) is 42.5 Å². The van der Waals surface area contributed by atoms with E-state index in [0.29, 0.717) is 35.4 Å². The summed E-state index contributed by atoms with van der Waals surface area (Å²) in [4.78, 5) is 24.8. The molecular weight excluding hydrogens is 394 g/mol. The summed E-state index contributed by atoms with van der Waals surface area (Å²) in [6.07, 6.45) is 0.803. The number of esters is 1. The van der Waals surface area contributed by atoms with Gasteiger partial charge in [-0.25, -0.2) is 0 Å². The molecule has 1 atom stereocenters. The van der Waals surface area contributed by atoms with Gasteiger partial charge in [0.1, 0.15) is 0 Å². The zero-order chi connectivity index (χ0) is 20.8. The third-order valence-electron chi connectivity index (χ3n) is 4.53. The molecule has 0 aliphatic carbocycles. The van der Waals surface area contributed by atoms with E-state index in [2.05, 4.69) is 5.32 Å². The minimum absolute atomic E-state index is 0.00784. The van der Waals surface area contributed by atoms with Crippen molar-refractivity contribution in [1.82, 2.24) is 0 Å². The topological polar surface area (TPSA) is 73.9 Å². The minimum Gasteiger partial charge on any atom is -0.490 e. The van der Waals surface area contributed by atoms with Gasteiger partial charge in [-0.3, -0.25) is 9.59 Å². The summed E-state index contributed by atoms with van der Waals surface area (Å²) in [7, 11) is 0. The normalized spacial score (nSPS) is 14.1. The number of hydrogen-bond donors (Lipinski definition) is 1. The Hall–Kier alpha value is -2.73. The monoisotopic (exact) mass is 417 g/mol. The molecule has 0 radical (unpaired) electrons. The van der Waals surface area contributed by atoms with Gasteiger partial charge in [-0.05, 0) is 35.7 Å². The van der Waals surface area contributed by atoms with Crippen LogP contribution in [0, 0.1) is 5.92 Å². The van der Waals surface area contributed by atoms with Crippen LogP contribution in [-0.4, -0.2) is 31.7 Å². The largest absolute Gasteiger partial charge is 0.490 e. The molecule has 0 spiro atoms. The highest BCUT2D eigenvalue weighted by molar-refractivity contribution is 6.30. The Morgan fingerprint density at radius 1 is 1.07 bits per heavy atom. The van der Waals surface area contributed by atoms with Crippen LogP contribution in [0.25, 0.3) is 0 Å². The highest BCUT2D eigenvalue weighted by Gasteiger charge is 2.26. The first kappa shape index (κ1) is 21.0. The Labute approximate surface area is 175 Å². The molecule has 0 unspecified atom stereocenters. The Morgan fingerprint density at radius 2 is 1.76 bits per heavy atom. The Morgan fingerprint density at radius 3 is 2.45 bits per heavy atom. The second-order valence-corrected chi connectivity index (χ2v) is 7.58. The number of amides is 1. The van der Waals surface area contributed by atoms with Crippen LogP contribution >= 0.6 is 11.6 Å². The molecular formula is C22H24ClNO5. The van der Waals surface area contributed by atoms with Gasteiger partial charge in [0.25, 0.3) is 5.91 Å². The number of nitrogens with one attached hydrogen (secondary N) is 1. The third kappa shape index (κ3) is 5.64. The van der Waals surface area contributed by atoms with Crippen molar-refractivity contribution in [2.24, 2.45) is 5.92 Å². The van der Waals surface area contributed by atoms with Crippen molar-refractivity contribution >= 4 is 29.2 Å². The average molecular weight is 418 g/mol. The van der Waals surface area contributed by atoms with Crippen molar-refractivity contribution in [3.8, 4) is 11.5 Å². The SMILES string of the molecule is CC(C)[C@@H](C(=O)OCC(=O)Nc1ccc2c(c1)OCCCO2)c1ccc(Cl)cc1. The number of carbonyl (C=O) groups is 2. The zero-order valence-electron chi connectivity index (χ0n) is 16.4. The first-order valence-electron chi connectivity index (χ1n) is 9.55. The molecule has 6 nitrogen and oxygen atoms in total. The summed E-state index contributed by atoms with van der Waals surface area (Å²) in [5.74, 6) is -0.108. The first-order chi connectivity index (χ1) is 13.9. The van der Waals surface area contributed by atoms with Gasteiger partial charge in [0.05, 0.1) is 19.1 Å². The van der Waals surface area contributed by atoms with Gasteiger partial charge in [-0.15, -0.1) is 0 Å². The molecule has 7 heteroatoms. The van der Waals surface area contributed by atoms with Crippen LogP contribution in [0.15, 0.2) is 42.5 Å². The number of hydrogen-bond acceptors (Lipinski definition) is 5. The van der Waals surface area contributed by atoms with Gasteiger partial charge in [0.2, 0.25) is 0 Å². The Bertz CT molecular complexity index is 866. The van der Waals surface area contributed by atoms with Gasteiger partial charge < -0.3 is 19.5 Å². The van der Waals surface area contributed by atoms with Crippen molar-refractivity contribution in [3.63, 3.8) is 0 Å². The fraction of sp³-hybridized carbons (Fsp3) is 0.364. The van der Waals surface area contributed by atoms with E-state index in [9.17, 15) is 9.59 Å². The van der Waals surface area contributed by atoms with Crippen LogP contribution in [0.4, 0.5) is 5.69 Å². The second kappa shape index (κ2) is 9.65. The molecule has 1 aliphatic heterocycles. The Balaban J connectivity index is 1.58. The van der Waals surface area contributed by atoms with Crippen molar-refractivity contribution in [1.29, 1.82) is 0 Å². The Kier molecular flexibility index (Phi) is 6.99. The van der Waals surface area contributed by atoms with E-state index >= 15 is 0 Å². The maximum Gasteiger partial charge on any atom is 0.314 e. The molecule has 2 aromatic rings. The summed E-state index contributed by atoms with van der Waals surface area (Å²) in [6.45, 7) is 4.64. The van der Waals surface area contributed by atoms with Gasteiger partial charge in [0.15, 0.2) is 18.1 Å². The summed E-state index contributed by atoms with van der Waals surface area (Å²) < 4.78 is 16.5. The predicted molar refractivity (Wildman–Crippen MR) is 111 cm³/mol. The molecule has 29 heavy (non-hydrogen) atoms. The maximum absolute atomic E-state index is 12.6. The number of ether oxygens (including phenoxy) is 3. The summed E-state index contributed by atoms with van der Waals surface area (Å²) in [6, 6.07) is 12.2. The summed E-state index contributed by atoms with van der Waals surface area (Å²) in [5.41, 5.74) is 1.35. The molecule has 1 amide bonds. The highest BCUT2D eigenvalue weighted by atomic mass is 35.5. The lowest BCUT2D eigenvalue weighted by Crippen LogP contribution is -2.26. The predicted octanol–water partition coefficient (Wildman–Crippen LogP) is 4.42. The number of carbonyl (C=O) groups excluding carboxylic acids is 2. The quantitative estimate of drug-likeness (QED) is 0.704. The van der Waals surface area contributed by atoms with E-state index in [0.717, 1.165) is 12.0 Å². The van der Waals surface area contributed by atoms with Gasteiger partial charge in [0, 0.05) is 23.2 Å². The molecule has 0 aromatic heterocycles. The number of fused-ring (bicyclic) bond motifs is 1. The highest BCUT2D eigenvalue weighted by Crippen LogP contribution is 2.32. The lowest BCUT2D eigenvalue weighted by atomic mass is 9.88. The standard InChI is InChI=1S/C22H24ClNO5/c1-14(2)21(15-4-6-16(23)7-5-15)22(26)29-13-20(25)24-17-8-9-18-19(12-17)28-11-3-10-27-18/h4-9,12,14,21H,3,10-11,13H2,1-2H3,(H,24,25)/t21-/m1/s1. The zero-order valence-corrected chi connectivity index (χ0v) is 17.2.